The van der Waals surface area contributed by atoms with Gasteiger partial charge < -0.3 is 19.7 Å². The normalized spacial score (nSPS) is 12.2. The molecule has 2 aromatic rings. The van der Waals surface area contributed by atoms with Gasteiger partial charge in [-0.05, 0) is 24.5 Å². The minimum Gasteiger partial charge on any atom is -0.480 e. The second-order valence-electron chi connectivity index (χ2n) is 5.85. The molecule has 24 heavy (non-hydrogen) atoms. The van der Waals surface area contributed by atoms with Crippen molar-refractivity contribution in [2.24, 2.45) is 5.92 Å². The fraction of sp³-hybridized carbons (Fsp3) is 0.471. The average Bonchev–Trinajstić information content (AvgIpc) is 3.01. The fourth-order valence-corrected chi connectivity index (χ4v) is 2.17. The van der Waals surface area contributed by atoms with Gasteiger partial charge in [0, 0.05) is 13.0 Å². The monoisotopic (exact) mass is 333 g/mol. The number of aliphatic hydroxyl groups is 1. The lowest BCUT2D eigenvalue weighted by Gasteiger charge is -2.22. The van der Waals surface area contributed by atoms with Gasteiger partial charge in [0.05, 0.1) is 0 Å². The molecule has 7 nitrogen and oxygen atoms in total. The van der Waals surface area contributed by atoms with Crippen molar-refractivity contribution in [3.05, 3.63) is 41.5 Å². The van der Waals surface area contributed by atoms with Crippen molar-refractivity contribution >= 4 is 5.91 Å². The van der Waals surface area contributed by atoms with Gasteiger partial charge >= 0.3 is 0 Å². The highest BCUT2D eigenvalue weighted by atomic mass is 16.5. The highest BCUT2D eigenvalue weighted by Gasteiger charge is 2.24. The molecule has 7 heteroatoms. The molecule has 130 valence electrons. The summed E-state index contributed by atoms with van der Waals surface area (Å²) in [5, 5.41) is 15.4. The summed E-state index contributed by atoms with van der Waals surface area (Å²) in [7, 11) is 0. The first kappa shape index (κ1) is 17.9. The van der Waals surface area contributed by atoms with E-state index in [0.717, 1.165) is 5.56 Å². The summed E-state index contributed by atoms with van der Waals surface area (Å²) in [5.41, 5.74) is 0.985. The van der Waals surface area contributed by atoms with E-state index in [2.05, 4.69) is 15.5 Å². The zero-order chi connectivity index (χ0) is 17.5. The van der Waals surface area contributed by atoms with Crippen molar-refractivity contribution in [2.75, 3.05) is 6.54 Å². The largest absolute Gasteiger partial charge is 0.480 e. The van der Waals surface area contributed by atoms with Crippen molar-refractivity contribution in [3.63, 3.8) is 0 Å². The van der Waals surface area contributed by atoms with Crippen LogP contribution >= 0.6 is 0 Å². The smallest absolute Gasteiger partial charge is 0.261 e. The molecule has 0 saturated carbocycles. The first-order chi connectivity index (χ1) is 11.5. The number of carbonyl (C=O) groups excluding carboxylic acids is 1. The number of carbonyl (C=O) groups is 1. The standard InChI is InChI=1S/C17H23N3O4/c1-11(2)16(23-13-7-5-4-6-12(13)3)17(22)18-9-8-14-19-15(10-21)24-20-14/h4-7,11,16,21H,8-10H2,1-3H3,(H,18,22). The number of aromatic nitrogens is 2. The molecule has 0 spiro atoms. The van der Waals surface area contributed by atoms with E-state index in [1.165, 1.54) is 0 Å². The number of hydrogen-bond donors (Lipinski definition) is 2. The Morgan fingerprint density at radius 2 is 2.12 bits per heavy atom. The molecule has 0 radical (unpaired) electrons. The van der Waals surface area contributed by atoms with E-state index in [-0.39, 0.29) is 24.3 Å². The van der Waals surface area contributed by atoms with Gasteiger partial charge in [0.15, 0.2) is 11.9 Å². The van der Waals surface area contributed by atoms with Gasteiger partial charge in [-0.2, -0.15) is 4.98 Å². The highest BCUT2D eigenvalue weighted by molar-refractivity contribution is 5.81. The molecule has 0 saturated heterocycles. The van der Waals surface area contributed by atoms with E-state index >= 15 is 0 Å². The Labute approximate surface area is 141 Å². The topological polar surface area (TPSA) is 97.5 Å². The number of nitrogens with zero attached hydrogens (tertiary/aromatic N) is 2. The number of hydrogen-bond acceptors (Lipinski definition) is 6. The minimum atomic E-state index is -0.579. The summed E-state index contributed by atoms with van der Waals surface area (Å²) >= 11 is 0. The molecule has 0 fully saturated rings. The fourth-order valence-electron chi connectivity index (χ4n) is 2.17. The van der Waals surface area contributed by atoms with Crippen molar-refractivity contribution < 1.29 is 19.2 Å². The van der Waals surface area contributed by atoms with E-state index in [4.69, 9.17) is 14.4 Å². The summed E-state index contributed by atoms with van der Waals surface area (Å²) in [6, 6.07) is 7.61. The number of para-hydroxylation sites is 1. The average molecular weight is 333 g/mol. The molecule has 1 atom stereocenters. The van der Waals surface area contributed by atoms with Crippen LogP contribution in [0.15, 0.2) is 28.8 Å². The number of amides is 1. The van der Waals surface area contributed by atoms with E-state index in [9.17, 15) is 4.79 Å². The molecule has 0 aliphatic carbocycles. The summed E-state index contributed by atoms with van der Waals surface area (Å²) in [4.78, 5) is 16.4. The molecule has 1 amide bonds. The highest BCUT2D eigenvalue weighted by Crippen LogP contribution is 2.20. The summed E-state index contributed by atoms with van der Waals surface area (Å²) in [6.45, 7) is 5.90. The Hall–Kier alpha value is -2.41. The number of rotatable bonds is 8. The van der Waals surface area contributed by atoms with Gasteiger partial charge in [0.1, 0.15) is 12.4 Å². The predicted molar refractivity (Wildman–Crippen MR) is 87.4 cm³/mol. The summed E-state index contributed by atoms with van der Waals surface area (Å²) in [5.74, 6) is 1.16. The lowest BCUT2D eigenvalue weighted by atomic mass is 10.1. The van der Waals surface area contributed by atoms with E-state index in [1.54, 1.807) is 0 Å². The van der Waals surface area contributed by atoms with Crippen LogP contribution in [0.4, 0.5) is 0 Å². The third-order valence-electron chi connectivity index (χ3n) is 3.50. The summed E-state index contributed by atoms with van der Waals surface area (Å²) in [6.07, 6.45) is -0.158. The second-order valence-corrected chi connectivity index (χ2v) is 5.85. The molecule has 1 aromatic heterocycles. The van der Waals surface area contributed by atoms with Crippen molar-refractivity contribution in [2.45, 2.75) is 39.9 Å². The lowest BCUT2D eigenvalue weighted by Crippen LogP contribution is -2.42. The molecular weight excluding hydrogens is 310 g/mol. The Morgan fingerprint density at radius 3 is 2.75 bits per heavy atom. The second kappa shape index (κ2) is 8.44. The number of nitrogens with one attached hydrogen (secondary N) is 1. The van der Waals surface area contributed by atoms with E-state index in [1.807, 2.05) is 45.0 Å². The van der Waals surface area contributed by atoms with Gasteiger partial charge in [-0.25, -0.2) is 0 Å². The molecule has 0 bridgehead atoms. The third-order valence-corrected chi connectivity index (χ3v) is 3.50. The first-order valence-corrected chi connectivity index (χ1v) is 7.93. The van der Waals surface area contributed by atoms with Gasteiger partial charge in [0.2, 0.25) is 0 Å². The van der Waals surface area contributed by atoms with Crippen LogP contribution in [-0.2, 0) is 17.8 Å². The van der Waals surface area contributed by atoms with Crippen molar-refractivity contribution in [3.8, 4) is 5.75 Å². The molecule has 0 aliphatic rings. The predicted octanol–water partition coefficient (Wildman–Crippen LogP) is 1.63. The van der Waals surface area contributed by atoms with Crippen LogP contribution in [0.25, 0.3) is 0 Å². The Morgan fingerprint density at radius 1 is 1.38 bits per heavy atom. The minimum absolute atomic E-state index is 0.0239. The van der Waals surface area contributed by atoms with Gasteiger partial charge in [-0.15, -0.1) is 0 Å². The number of aliphatic hydroxyl groups excluding tert-OH is 1. The van der Waals surface area contributed by atoms with Crippen LogP contribution in [0.5, 0.6) is 5.75 Å². The summed E-state index contributed by atoms with van der Waals surface area (Å²) < 4.78 is 10.7. The van der Waals surface area contributed by atoms with E-state index in [0.29, 0.717) is 24.5 Å². The Bertz CT molecular complexity index is 669. The SMILES string of the molecule is Cc1ccccc1OC(C(=O)NCCc1noc(CO)n1)C(C)C. The molecule has 1 heterocycles. The number of ether oxygens (including phenoxy) is 1. The van der Waals surface area contributed by atoms with Crippen molar-refractivity contribution in [1.82, 2.24) is 15.5 Å². The zero-order valence-electron chi connectivity index (χ0n) is 14.2. The first-order valence-electron chi connectivity index (χ1n) is 7.93. The maximum absolute atomic E-state index is 12.4. The molecule has 1 unspecified atom stereocenters. The van der Waals surface area contributed by atoms with Crippen LogP contribution < -0.4 is 10.1 Å². The quantitative estimate of drug-likeness (QED) is 0.762. The maximum Gasteiger partial charge on any atom is 0.261 e. The van der Waals surface area contributed by atoms with Gasteiger partial charge in [-0.3, -0.25) is 4.79 Å². The molecule has 0 aliphatic heterocycles. The molecule has 2 N–H and O–H groups in total. The zero-order valence-corrected chi connectivity index (χ0v) is 14.2. The molecular formula is C17H23N3O4. The molecule has 2 rings (SSSR count). The number of benzene rings is 1. The van der Waals surface area contributed by atoms with Crippen LogP contribution in [0.1, 0.15) is 31.1 Å². The van der Waals surface area contributed by atoms with Crippen LogP contribution in [0, 0.1) is 12.8 Å². The maximum atomic E-state index is 12.4. The van der Waals surface area contributed by atoms with Gasteiger partial charge in [0.25, 0.3) is 11.8 Å². The van der Waals surface area contributed by atoms with Crippen molar-refractivity contribution in [1.29, 1.82) is 0 Å². The van der Waals surface area contributed by atoms with E-state index < -0.39 is 6.10 Å². The third kappa shape index (κ3) is 4.79. The Kier molecular flexibility index (Phi) is 6.31. The Balaban J connectivity index is 1.90. The van der Waals surface area contributed by atoms with Crippen LogP contribution in [0.3, 0.4) is 0 Å². The van der Waals surface area contributed by atoms with Crippen LogP contribution in [0.2, 0.25) is 0 Å². The number of aryl methyl sites for hydroxylation is 1. The lowest BCUT2D eigenvalue weighted by molar-refractivity contribution is -0.129. The van der Waals surface area contributed by atoms with Crippen LogP contribution in [-0.4, -0.2) is 33.8 Å². The molecule has 1 aromatic carbocycles. The van der Waals surface area contributed by atoms with Gasteiger partial charge in [-0.1, -0.05) is 37.2 Å².